The van der Waals surface area contributed by atoms with Gasteiger partial charge in [0.2, 0.25) is 0 Å². The minimum Gasteiger partial charge on any atom is -0.265 e. The summed E-state index contributed by atoms with van der Waals surface area (Å²) in [4.78, 5) is 12.8. The van der Waals surface area contributed by atoms with Crippen molar-refractivity contribution in [2.75, 3.05) is 0 Å². The first-order valence-corrected chi connectivity index (χ1v) is 5.80. The molecule has 0 saturated heterocycles. The molecule has 4 heteroatoms. The predicted molar refractivity (Wildman–Crippen MR) is 69.0 cm³/mol. The number of nitrogens with zero attached hydrogens (tertiary/aromatic N) is 3. The molecule has 88 valence electrons. The van der Waals surface area contributed by atoms with Crippen LogP contribution in [0.4, 0.5) is 0 Å². The number of pyridine rings is 1. The minimum absolute atomic E-state index is 0.118. The van der Waals surface area contributed by atoms with Gasteiger partial charge in [-0.2, -0.15) is 0 Å². The third kappa shape index (κ3) is 2.80. The molecule has 0 aliphatic heterocycles. The maximum atomic E-state index is 6.04. The lowest BCUT2D eigenvalue weighted by Crippen LogP contribution is -2.16. The van der Waals surface area contributed by atoms with Crippen molar-refractivity contribution in [3.8, 4) is 11.3 Å². The van der Waals surface area contributed by atoms with Crippen molar-refractivity contribution in [2.45, 2.75) is 26.2 Å². The Labute approximate surface area is 106 Å². The molecule has 0 atom stereocenters. The first-order valence-electron chi connectivity index (χ1n) is 5.42. The van der Waals surface area contributed by atoms with E-state index in [-0.39, 0.29) is 5.41 Å². The molecule has 0 bridgehead atoms. The standard InChI is InChI=1S/C13H14ClN3/c1-13(2,3)12-16-10(8-11(14)17-12)9-4-6-15-7-5-9/h4-8H,1-3H3. The second-order valence-corrected chi connectivity index (χ2v) is 5.27. The molecule has 2 heterocycles. The number of hydrogen-bond acceptors (Lipinski definition) is 3. The fourth-order valence-corrected chi connectivity index (χ4v) is 1.61. The third-order valence-corrected chi connectivity index (χ3v) is 2.54. The van der Waals surface area contributed by atoms with Gasteiger partial charge >= 0.3 is 0 Å². The Morgan fingerprint density at radius 1 is 1.06 bits per heavy atom. The SMILES string of the molecule is CC(C)(C)c1nc(Cl)cc(-c2ccncc2)n1. The molecule has 0 saturated carbocycles. The van der Waals surface area contributed by atoms with Gasteiger partial charge in [0.05, 0.1) is 5.69 Å². The molecule has 2 aromatic heterocycles. The maximum absolute atomic E-state index is 6.04. The van der Waals surface area contributed by atoms with Crippen LogP contribution in [0.25, 0.3) is 11.3 Å². The summed E-state index contributed by atoms with van der Waals surface area (Å²) in [5.74, 6) is 0.747. The molecule has 2 aromatic rings. The number of aromatic nitrogens is 3. The van der Waals surface area contributed by atoms with Gasteiger partial charge in [-0.1, -0.05) is 32.4 Å². The average Bonchev–Trinajstić information content (AvgIpc) is 2.28. The van der Waals surface area contributed by atoms with Crippen molar-refractivity contribution in [1.29, 1.82) is 0 Å². The Balaban J connectivity index is 2.54. The molecule has 0 unspecified atom stereocenters. The van der Waals surface area contributed by atoms with Gasteiger partial charge < -0.3 is 0 Å². The molecule has 0 spiro atoms. The molecule has 0 aliphatic carbocycles. The van der Waals surface area contributed by atoms with Crippen LogP contribution in [-0.2, 0) is 5.41 Å². The smallest absolute Gasteiger partial charge is 0.136 e. The van der Waals surface area contributed by atoms with Crippen molar-refractivity contribution in [3.05, 3.63) is 41.6 Å². The zero-order chi connectivity index (χ0) is 12.5. The van der Waals surface area contributed by atoms with Crippen LogP contribution in [0.5, 0.6) is 0 Å². The summed E-state index contributed by atoms with van der Waals surface area (Å²) >= 11 is 6.04. The van der Waals surface area contributed by atoms with Crippen LogP contribution in [0.15, 0.2) is 30.6 Å². The molecule has 0 aromatic carbocycles. The highest BCUT2D eigenvalue weighted by atomic mass is 35.5. The molecule has 0 fully saturated rings. The highest BCUT2D eigenvalue weighted by Gasteiger charge is 2.19. The van der Waals surface area contributed by atoms with E-state index in [0.717, 1.165) is 17.1 Å². The molecule has 17 heavy (non-hydrogen) atoms. The molecule has 0 radical (unpaired) electrons. The van der Waals surface area contributed by atoms with Gasteiger partial charge in [-0.3, -0.25) is 4.98 Å². The van der Waals surface area contributed by atoms with Crippen molar-refractivity contribution >= 4 is 11.6 Å². The fourth-order valence-electron chi connectivity index (χ4n) is 1.42. The number of hydrogen-bond donors (Lipinski definition) is 0. The van der Waals surface area contributed by atoms with Crippen LogP contribution >= 0.6 is 11.6 Å². The Bertz CT molecular complexity index is 518. The molecular weight excluding hydrogens is 234 g/mol. The zero-order valence-corrected chi connectivity index (χ0v) is 10.9. The first kappa shape index (κ1) is 12.0. The Hall–Kier alpha value is -1.48. The van der Waals surface area contributed by atoms with Crippen molar-refractivity contribution in [1.82, 2.24) is 15.0 Å². The van der Waals surface area contributed by atoms with Crippen LogP contribution in [0.1, 0.15) is 26.6 Å². The van der Waals surface area contributed by atoms with E-state index < -0.39 is 0 Å². The second-order valence-electron chi connectivity index (χ2n) is 4.89. The average molecular weight is 248 g/mol. The van der Waals surface area contributed by atoms with Gasteiger partial charge in [0, 0.05) is 29.4 Å². The summed E-state index contributed by atoms with van der Waals surface area (Å²) in [6.07, 6.45) is 3.48. The molecule has 0 N–H and O–H groups in total. The van der Waals surface area contributed by atoms with Crippen molar-refractivity contribution in [3.63, 3.8) is 0 Å². The predicted octanol–water partition coefficient (Wildman–Crippen LogP) is 3.49. The lowest BCUT2D eigenvalue weighted by molar-refractivity contribution is 0.546. The number of rotatable bonds is 1. The molecule has 3 nitrogen and oxygen atoms in total. The summed E-state index contributed by atoms with van der Waals surface area (Å²) in [7, 11) is 0. The summed E-state index contributed by atoms with van der Waals surface area (Å²) < 4.78 is 0. The summed E-state index contributed by atoms with van der Waals surface area (Å²) in [6, 6.07) is 5.59. The van der Waals surface area contributed by atoms with Gasteiger partial charge in [-0.25, -0.2) is 9.97 Å². The Kier molecular flexibility index (Phi) is 3.11. The molecule has 0 amide bonds. The van der Waals surface area contributed by atoms with Crippen LogP contribution < -0.4 is 0 Å². The summed E-state index contributed by atoms with van der Waals surface area (Å²) in [5.41, 5.74) is 1.71. The van der Waals surface area contributed by atoms with Gasteiger partial charge in [-0.05, 0) is 12.1 Å². The van der Waals surface area contributed by atoms with E-state index in [1.54, 1.807) is 18.5 Å². The summed E-state index contributed by atoms with van der Waals surface area (Å²) in [5, 5.41) is 0.469. The normalized spacial score (nSPS) is 11.5. The fraction of sp³-hybridized carbons (Fsp3) is 0.308. The largest absolute Gasteiger partial charge is 0.265 e. The van der Waals surface area contributed by atoms with E-state index in [9.17, 15) is 0 Å². The quantitative estimate of drug-likeness (QED) is 0.724. The molecule has 0 aliphatic rings. The Morgan fingerprint density at radius 3 is 2.29 bits per heavy atom. The topological polar surface area (TPSA) is 38.7 Å². The minimum atomic E-state index is -0.118. The first-order chi connectivity index (χ1) is 7.97. The van der Waals surface area contributed by atoms with Crippen molar-refractivity contribution < 1.29 is 0 Å². The van der Waals surface area contributed by atoms with Crippen LogP contribution in [0, 0.1) is 0 Å². The van der Waals surface area contributed by atoms with Crippen molar-refractivity contribution in [2.24, 2.45) is 0 Å². The molecule has 2 rings (SSSR count). The second kappa shape index (κ2) is 4.41. The summed E-state index contributed by atoms with van der Waals surface area (Å²) in [6.45, 7) is 6.19. The van der Waals surface area contributed by atoms with Gasteiger partial charge in [-0.15, -0.1) is 0 Å². The van der Waals surface area contributed by atoms with Gasteiger partial charge in [0.1, 0.15) is 11.0 Å². The number of halogens is 1. The van der Waals surface area contributed by atoms with Gasteiger partial charge in [0.15, 0.2) is 0 Å². The third-order valence-electron chi connectivity index (χ3n) is 2.34. The van der Waals surface area contributed by atoms with E-state index in [1.807, 2.05) is 12.1 Å². The monoisotopic (exact) mass is 247 g/mol. The highest BCUT2D eigenvalue weighted by molar-refractivity contribution is 6.29. The Morgan fingerprint density at radius 2 is 1.71 bits per heavy atom. The molecular formula is C13H14ClN3. The van der Waals surface area contributed by atoms with E-state index in [1.165, 1.54) is 0 Å². The lowest BCUT2D eigenvalue weighted by atomic mass is 9.95. The van der Waals surface area contributed by atoms with E-state index >= 15 is 0 Å². The highest BCUT2D eigenvalue weighted by Crippen LogP contribution is 2.24. The van der Waals surface area contributed by atoms with Gasteiger partial charge in [0.25, 0.3) is 0 Å². The van der Waals surface area contributed by atoms with E-state index in [4.69, 9.17) is 11.6 Å². The van der Waals surface area contributed by atoms with Crippen LogP contribution in [0.3, 0.4) is 0 Å². The van der Waals surface area contributed by atoms with E-state index in [2.05, 4.69) is 35.7 Å². The lowest BCUT2D eigenvalue weighted by Gasteiger charge is -2.17. The maximum Gasteiger partial charge on any atom is 0.136 e. The van der Waals surface area contributed by atoms with E-state index in [0.29, 0.717) is 5.15 Å². The zero-order valence-electron chi connectivity index (χ0n) is 10.1. The van der Waals surface area contributed by atoms with Crippen LogP contribution in [0.2, 0.25) is 5.15 Å². The van der Waals surface area contributed by atoms with Crippen LogP contribution in [-0.4, -0.2) is 15.0 Å².